The van der Waals surface area contributed by atoms with E-state index in [1.807, 2.05) is 6.26 Å². The molecule has 1 aromatic rings. The van der Waals surface area contributed by atoms with Gasteiger partial charge in [0, 0.05) is 11.3 Å². The van der Waals surface area contributed by atoms with Crippen molar-refractivity contribution in [1.82, 2.24) is 5.32 Å². The summed E-state index contributed by atoms with van der Waals surface area (Å²) < 4.78 is 26.4. The highest BCUT2D eigenvalue weighted by Gasteiger charge is 2.27. The first-order chi connectivity index (χ1) is 9.92. The highest BCUT2D eigenvalue weighted by molar-refractivity contribution is 7.99. The van der Waals surface area contributed by atoms with Gasteiger partial charge in [0.05, 0.1) is 11.1 Å². The lowest BCUT2D eigenvalue weighted by molar-refractivity contribution is 0.0689. The Labute approximate surface area is 124 Å². The molecular formula is C14H15F2NO3S. The third-order valence-corrected chi connectivity index (χ3v) is 4.68. The Kier molecular flexibility index (Phi) is 4.82. The maximum Gasteiger partial charge on any atom is 0.336 e. The maximum absolute atomic E-state index is 13.3. The molecule has 1 aliphatic rings. The van der Waals surface area contributed by atoms with Crippen LogP contribution in [0.3, 0.4) is 0 Å². The van der Waals surface area contributed by atoms with Crippen LogP contribution in [-0.4, -0.2) is 34.5 Å². The van der Waals surface area contributed by atoms with Crippen LogP contribution in [-0.2, 0) is 0 Å². The van der Waals surface area contributed by atoms with Gasteiger partial charge >= 0.3 is 5.97 Å². The second kappa shape index (κ2) is 6.43. The summed E-state index contributed by atoms with van der Waals surface area (Å²) in [5.74, 6) is -4.67. The minimum absolute atomic E-state index is 0.0651. The quantitative estimate of drug-likeness (QED) is 0.896. The Morgan fingerprint density at radius 3 is 2.38 bits per heavy atom. The highest BCUT2D eigenvalue weighted by Crippen LogP contribution is 2.28. The van der Waals surface area contributed by atoms with Crippen LogP contribution in [0.1, 0.15) is 40.0 Å². The number of thioether (sulfide) groups is 1. The zero-order valence-electron chi connectivity index (χ0n) is 11.4. The third kappa shape index (κ3) is 3.53. The van der Waals surface area contributed by atoms with Crippen molar-refractivity contribution in [3.8, 4) is 0 Å². The zero-order chi connectivity index (χ0) is 15.6. The summed E-state index contributed by atoms with van der Waals surface area (Å²) in [5.41, 5.74) is -0.889. The summed E-state index contributed by atoms with van der Waals surface area (Å²) in [6, 6.07) is 1.10. The minimum Gasteiger partial charge on any atom is -0.478 e. The number of rotatable bonds is 4. The van der Waals surface area contributed by atoms with Gasteiger partial charge in [-0.3, -0.25) is 4.79 Å². The largest absolute Gasteiger partial charge is 0.478 e. The van der Waals surface area contributed by atoms with Crippen LogP contribution in [0.5, 0.6) is 0 Å². The summed E-state index contributed by atoms with van der Waals surface area (Å²) in [6.45, 7) is 0. The number of aromatic carboxylic acids is 1. The van der Waals surface area contributed by atoms with E-state index in [9.17, 15) is 18.4 Å². The first-order valence-electron chi connectivity index (χ1n) is 6.48. The molecule has 2 N–H and O–H groups in total. The van der Waals surface area contributed by atoms with Gasteiger partial charge in [0.2, 0.25) is 0 Å². The number of hydrogen-bond donors (Lipinski definition) is 2. The van der Waals surface area contributed by atoms with Crippen molar-refractivity contribution in [1.29, 1.82) is 0 Å². The van der Waals surface area contributed by atoms with Gasteiger partial charge in [-0.15, -0.1) is 0 Å². The van der Waals surface area contributed by atoms with Gasteiger partial charge < -0.3 is 10.4 Å². The smallest absolute Gasteiger partial charge is 0.336 e. The second-order valence-corrected chi connectivity index (χ2v) is 6.10. The molecule has 114 valence electrons. The average Bonchev–Trinajstić information content (AvgIpc) is 2.88. The van der Waals surface area contributed by atoms with Crippen LogP contribution in [0.25, 0.3) is 0 Å². The Hall–Kier alpha value is -1.63. The molecule has 0 spiro atoms. The van der Waals surface area contributed by atoms with E-state index in [0.717, 1.165) is 19.3 Å². The number of benzene rings is 1. The molecule has 0 radical (unpaired) electrons. The molecule has 1 saturated carbocycles. The van der Waals surface area contributed by atoms with E-state index in [1.54, 1.807) is 11.8 Å². The summed E-state index contributed by atoms with van der Waals surface area (Å²) in [6.07, 6.45) is 4.55. The van der Waals surface area contributed by atoms with Gasteiger partial charge in [-0.1, -0.05) is 0 Å². The topological polar surface area (TPSA) is 66.4 Å². The van der Waals surface area contributed by atoms with Gasteiger partial charge in [-0.05, 0) is 37.7 Å². The van der Waals surface area contributed by atoms with Crippen molar-refractivity contribution in [2.75, 3.05) is 6.26 Å². The molecule has 21 heavy (non-hydrogen) atoms. The first-order valence-corrected chi connectivity index (χ1v) is 7.77. The van der Waals surface area contributed by atoms with Crippen molar-refractivity contribution in [3.05, 3.63) is 34.9 Å². The Bertz CT molecular complexity index is 580. The number of carbonyl (C=O) groups is 2. The van der Waals surface area contributed by atoms with Gasteiger partial charge in [0.15, 0.2) is 11.6 Å². The van der Waals surface area contributed by atoms with Crippen LogP contribution in [0.4, 0.5) is 8.78 Å². The van der Waals surface area contributed by atoms with Gasteiger partial charge in [0.1, 0.15) is 0 Å². The average molecular weight is 315 g/mol. The summed E-state index contributed by atoms with van der Waals surface area (Å²) in [5, 5.41) is 12.2. The van der Waals surface area contributed by atoms with Crippen LogP contribution in [0.15, 0.2) is 12.1 Å². The van der Waals surface area contributed by atoms with Crippen molar-refractivity contribution in [3.63, 3.8) is 0 Å². The SMILES string of the molecule is CSC1CCC(NC(=O)c2cc(F)c(F)cc2C(=O)O)C1. The van der Waals surface area contributed by atoms with Gasteiger partial charge in [0.25, 0.3) is 5.91 Å². The predicted octanol–water partition coefficient (Wildman–Crippen LogP) is 2.68. The molecule has 0 heterocycles. The summed E-state index contributed by atoms with van der Waals surface area (Å²) in [7, 11) is 0. The fourth-order valence-electron chi connectivity index (χ4n) is 2.46. The number of carboxylic acid groups (broad SMARTS) is 1. The molecule has 2 rings (SSSR count). The third-order valence-electron chi connectivity index (χ3n) is 3.59. The molecule has 0 aliphatic heterocycles. The molecule has 0 aromatic heterocycles. The molecule has 1 amide bonds. The lowest BCUT2D eigenvalue weighted by atomic mass is 10.1. The van der Waals surface area contributed by atoms with Crippen LogP contribution < -0.4 is 5.32 Å². The van der Waals surface area contributed by atoms with E-state index in [0.29, 0.717) is 17.4 Å². The number of hydrogen-bond acceptors (Lipinski definition) is 3. The van der Waals surface area contributed by atoms with E-state index < -0.39 is 29.1 Å². The molecule has 2 atom stereocenters. The molecular weight excluding hydrogens is 300 g/mol. The maximum atomic E-state index is 13.3. The molecule has 4 nitrogen and oxygen atoms in total. The van der Waals surface area contributed by atoms with E-state index >= 15 is 0 Å². The second-order valence-electron chi connectivity index (χ2n) is 4.96. The van der Waals surface area contributed by atoms with Gasteiger partial charge in [-0.25, -0.2) is 13.6 Å². The number of carbonyl (C=O) groups excluding carboxylic acids is 1. The molecule has 0 saturated heterocycles. The predicted molar refractivity (Wildman–Crippen MR) is 75.7 cm³/mol. The Morgan fingerprint density at radius 2 is 1.86 bits per heavy atom. The zero-order valence-corrected chi connectivity index (χ0v) is 12.2. The highest BCUT2D eigenvalue weighted by atomic mass is 32.2. The summed E-state index contributed by atoms with van der Waals surface area (Å²) in [4.78, 5) is 23.2. The molecule has 1 aromatic carbocycles. The molecule has 1 aliphatic carbocycles. The standard InChI is InChI=1S/C14H15F2NO3S/c1-21-8-3-2-7(4-8)17-13(18)9-5-11(15)12(16)6-10(9)14(19)20/h5-8H,2-4H2,1H3,(H,17,18)(H,19,20). The lowest BCUT2D eigenvalue weighted by Crippen LogP contribution is -2.34. The van der Waals surface area contributed by atoms with E-state index in [1.165, 1.54) is 0 Å². The van der Waals surface area contributed by atoms with E-state index in [-0.39, 0.29) is 11.6 Å². The Balaban J connectivity index is 2.19. The van der Waals surface area contributed by atoms with E-state index in [2.05, 4.69) is 5.32 Å². The van der Waals surface area contributed by atoms with Gasteiger partial charge in [-0.2, -0.15) is 11.8 Å². The molecule has 0 bridgehead atoms. The lowest BCUT2D eigenvalue weighted by Gasteiger charge is -2.14. The van der Waals surface area contributed by atoms with Crippen LogP contribution >= 0.6 is 11.8 Å². The minimum atomic E-state index is -1.47. The van der Waals surface area contributed by atoms with Crippen molar-refractivity contribution in [2.45, 2.75) is 30.6 Å². The van der Waals surface area contributed by atoms with E-state index in [4.69, 9.17) is 5.11 Å². The Morgan fingerprint density at radius 1 is 1.24 bits per heavy atom. The normalized spacial score (nSPS) is 21.3. The summed E-state index contributed by atoms with van der Waals surface area (Å²) >= 11 is 1.72. The van der Waals surface area contributed by atoms with Crippen molar-refractivity contribution < 1.29 is 23.5 Å². The number of nitrogens with one attached hydrogen (secondary N) is 1. The molecule has 7 heteroatoms. The molecule has 2 unspecified atom stereocenters. The fourth-order valence-corrected chi connectivity index (χ4v) is 3.26. The van der Waals surface area contributed by atoms with Crippen LogP contribution in [0, 0.1) is 11.6 Å². The number of carboxylic acids is 1. The number of halogens is 2. The monoisotopic (exact) mass is 315 g/mol. The van der Waals surface area contributed by atoms with Crippen LogP contribution in [0.2, 0.25) is 0 Å². The fraction of sp³-hybridized carbons (Fsp3) is 0.429. The van der Waals surface area contributed by atoms with Crippen molar-refractivity contribution in [2.24, 2.45) is 0 Å². The molecule has 1 fully saturated rings. The van der Waals surface area contributed by atoms with Crippen molar-refractivity contribution >= 4 is 23.6 Å². The number of amides is 1. The first kappa shape index (κ1) is 15.8.